The van der Waals surface area contributed by atoms with Gasteiger partial charge in [-0.25, -0.2) is 0 Å². The van der Waals surface area contributed by atoms with Crippen LogP contribution in [0, 0.1) is 0 Å². The summed E-state index contributed by atoms with van der Waals surface area (Å²) >= 11 is 0. The summed E-state index contributed by atoms with van der Waals surface area (Å²) in [4.78, 5) is 11.8. The van der Waals surface area contributed by atoms with Crippen molar-refractivity contribution in [1.82, 2.24) is 9.88 Å². The van der Waals surface area contributed by atoms with E-state index in [1.807, 2.05) is 30.5 Å². The quantitative estimate of drug-likeness (QED) is 0.403. The summed E-state index contributed by atoms with van der Waals surface area (Å²) in [6.45, 7) is 4.31. The van der Waals surface area contributed by atoms with E-state index in [4.69, 9.17) is 4.84 Å². The number of oxime groups is 1. The SMILES string of the molecule is C(=C\c1cccnc1)/C=N/OCCCN1CCCCC1.[Cl-]. The van der Waals surface area contributed by atoms with Crippen LogP contribution < -0.4 is 12.4 Å². The fourth-order valence-corrected chi connectivity index (χ4v) is 2.30. The van der Waals surface area contributed by atoms with Crippen molar-refractivity contribution in [3.63, 3.8) is 0 Å². The van der Waals surface area contributed by atoms with E-state index in [1.54, 1.807) is 12.4 Å². The molecule has 0 amide bonds. The van der Waals surface area contributed by atoms with Crippen molar-refractivity contribution >= 4 is 12.3 Å². The van der Waals surface area contributed by atoms with Crippen molar-refractivity contribution in [2.45, 2.75) is 25.7 Å². The zero-order valence-electron chi connectivity index (χ0n) is 12.3. The zero-order valence-corrected chi connectivity index (χ0v) is 13.1. The van der Waals surface area contributed by atoms with E-state index in [2.05, 4.69) is 15.0 Å². The normalized spacial score (nSPS) is 16.2. The van der Waals surface area contributed by atoms with Crippen LogP contribution in [0.15, 0.2) is 35.8 Å². The molecule has 21 heavy (non-hydrogen) atoms. The second-order valence-corrected chi connectivity index (χ2v) is 4.99. The van der Waals surface area contributed by atoms with E-state index in [-0.39, 0.29) is 12.4 Å². The summed E-state index contributed by atoms with van der Waals surface area (Å²) in [5.41, 5.74) is 1.06. The maximum atomic E-state index is 5.24. The predicted molar refractivity (Wildman–Crippen MR) is 82.6 cm³/mol. The molecule has 0 saturated carbocycles. The highest BCUT2D eigenvalue weighted by molar-refractivity contribution is 5.77. The molecule has 0 radical (unpaired) electrons. The molecule has 0 bridgehead atoms. The Balaban J connectivity index is 0.00000220. The van der Waals surface area contributed by atoms with Gasteiger partial charge in [0.05, 0.1) is 6.21 Å². The Labute approximate surface area is 133 Å². The van der Waals surface area contributed by atoms with Crippen molar-refractivity contribution in [3.8, 4) is 0 Å². The maximum absolute atomic E-state index is 5.24. The molecule has 1 saturated heterocycles. The lowest BCUT2D eigenvalue weighted by Crippen LogP contribution is -3.00. The van der Waals surface area contributed by atoms with Crippen LogP contribution in [0.2, 0.25) is 0 Å². The molecule has 1 fully saturated rings. The molecule has 0 atom stereocenters. The number of aromatic nitrogens is 1. The van der Waals surface area contributed by atoms with Gasteiger partial charge in [-0.2, -0.15) is 0 Å². The molecule has 0 aromatic carbocycles. The van der Waals surface area contributed by atoms with Gasteiger partial charge in [0.25, 0.3) is 0 Å². The number of nitrogens with zero attached hydrogens (tertiary/aromatic N) is 3. The summed E-state index contributed by atoms with van der Waals surface area (Å²) in [5.74, 6) is 0. The van der Waals surface area contributed by atoms with E-state index in [0.717, 1.165) is 18.5 Å². The highest BCUT2D eigenvalue weighted by Gasteiger charge is 2.08. The third kappa shape index (κ3) is 7.83. The standard InChI is InChI=1S/C16H23N3O.ClH/c1-2-11-19(12-3-1)13-6-14-20-18-10-5-8-16-7-4-9-17-15-16;/h4-5,7-10,15H,1-3,6,11-14H2;1H/p-1/b8-5+,18-10+;. The van der Waals surface area contributed by atoms with Crippen LogP contribution in [0.4, 0.5) is 0 Å². The Morgan fingerprint density at radius 2 is 2.14 bits per heavy atom. The molecule has 2 heterocycles. The van der Waals surface area contributed by atoms with Crippen LogP contribution in [0.25, 0.3) is 6.08 Å². The van der Waals surface area contributed by atoms with Crippen molar-refractivity contribution in [2.75, 3.05) is 26.2 Å². The van der Waals surface area contributed by atoms with E-state index < -0.39 is 0 Å². The van der Waals surface area contributed by atoms with Crippen molar-refractivity contribution in [1.29, 1.82) is 0 Å². The van der Waals surface area contributed by atoms with Crippen LogP contribution >= 0.6 is 0 Å². The van der Waals surface area contributed by atoms with Crippen LogP contribution in [-0.4, -0.2) is 42.3 Å². The van der Waals surface area contributed by atoms with Gasteiger partial charge in [-0.1, -0.05) is 23.7 Å². The summed E-state index contributed by atoms with van der Waals surface area (Å²) in [6.07, 6.45) is 14.2. The van der Waals surface area contributed by atoms with Gasteiger partial charge in [-0.05, 0) is 50.1 Å². The van der Waals surface area contributed by atoms with Crippen LogP contribution in [0.5, 0.6) is 0 Å². The number of piperidine rings is 1. The molecule has 1 aromatic rings. The Morgan fingerprint density at radius 1 is 1.29 bits per heavy atom. The molecule has 0 spiro atoms. The van der Waals surface area contributed by atoms with Gasteiger partial charge in [0, 0.05) is 18.9 Å². The minimum atomic E-state index is 0. The van der Waals surface area contributed by atoms with E-state index in [9.17, 15) is 0 Å². The van der Waals surface area contributed by atoms with E-state index >= 15 is 0 Å². The monoisotopic (exact) mass is 308 g/mol. The Bertz CT molecular complexity index is 417. The molecular weight excluding hydrogens is 286 g/mol. The van der Waals surface area contributed by atoms with Crippen LogP contribution in [-0.2, 0) is 4.84 Å². The van der Waals surface area contributed by atoms with Crippen molar-refractivity contribution in [3.05, 3.63) is 36.2 Å². The van der Waals surface area contributed by atoms with Gasteiger partial charge >= 0.3 is 0 Å². The van der Waals surface area contributed by atoms with Crippen LogP contribution in [0.1, 0.15) is 31.2 Å². The van der Waals surface area contributed by atoms with Gasteiger partial charge in [0.2, 0.25) is 0 Å². The lowest BCUT2D eigenvalue weighted by Gasteiger charge is -2.25. The first-order valence-electron chi connectivity index (χ1n) is 7.39. The van der Waals surface area contributed by atoms with Gasteiger partial charge in [-0.15, -0.1) is 0 Å². The average molecular weight is 309 g/mol. The van der Waals surface area contributed by atoms with E-state index in [1.165, 1.54) is 32.4 Å². The molecule has 1 aliphatic rings. The third-order valence-electron chi connectivity index (χ3n) is 3.35. The van der Waals surface area contributed by atoms with Gasteiger partial charge in [0.15, 0.2) is 0 Å². The smallest absolute Gasteiger partial charge is 0.118 e. The molecular formula is C16H23ClN3O-. The Morgan fingerprint density at radius 3 is 2.90 bits per heavy atom. The molecule has 0 N–H and O–H groups in total. The zero-order chi connectivity index (χ0) is 13.9. The number of rotatable bonds is 7. The topological polar surface area (TPSA) is 37.7 Å². The Kier molecular flexibility index (Phi) is 9.49. The molecule has 4 nitrogen and oxygen atoms in total. The minimum Gasteiger partial charge on any atom is -1.00 e. The first kappa shape index (κ1) is 17.7. The number of likely N-dealkylation sites (tertiary alicyclic amines) is 1. The first-order chi connectivity index (χ1) is 9.95. The fraction of sp³-hybridized carbons (Fsp3) is 0.500. The van der Waals surface area contributed by atoms with Gasteiger partial charge in [0.1, 0.15) is 6.61 Å². The Hall–Kier alpha value is -1.39. The molecule has 0 aliphatic carbocycles. The maximum Gasteiger partial charge on any atom is 0.118 e. The lowest BCUT2D eigenvalue weighted by atomic mass is 10.1. The predicted octanol–water partition coefficient (Wildman–Crippen LogP) is -0.0228. The lowest BCUT2D eigenvalue weighted by molar-refractivity contribution is -0.00000460. The summed E-state index contributed by atoms with van der Waals surface area (Å²) < 4.78 is 0. The molecule has 1 aromatic heterocycles. The molecule has 116 valence electrons. The second kappa shape index (κ2) is 11.3. The second-order valence-electron chi connectivity index (χ2n) is 4.99. The summed E-state index contributed by atoms with van der Waals surface area (Å²) in [6, 6.07) is 3.91. The average Bonchev–Trinajstić information content (AvgIpc) is 2.52. The largest absolute Gasteiger partial charge is 1.00 e. The number of hydrogen-bond donors (Lipinski definition) is 0. The van der Waals surface area contributed by atoms with Crippen LogP contribution in [0.3, 0.4) is 0 Å². The van der Waals surface area contributed by atoms with E-state index in [0.29, 0.717) is 6.61 Å². The number of hydrogen-bond acceptors (Lipinski definition) is 4. The van der Waals surface area contributed by atoms with Gasteiger partial charge in [-0.3, -0.25) is 4.98 Å². The number of allylic oxidation sites excluding steroid dienone is 1. The third-order valence-corrected chi connectivity index (χ3v) is 3.35. The van der Waals surface area contributed by atoms with Crippen molar-refractivity contribution in [2.24, 2.45) is 5.16 Å². The molecule has 1 aliphatic heterocycles. The molecule has 2 rings (SSSR count). The minimum absolute atomic E-state index is 0. The highest BCUT2D eigenvalue weighted by atomic mass is 35.5. The summed E-state index contributed by atoms with van der Waals surface area (Å²) in [7, 11) is 0. The number of pyridine rings is 1. The highest BCUT2D eigenvalue weighted by Crippen LogP contribution is 2.08. The fourth-order valence-electron chi connectivity index (χ4n) is 2.30. The molecule has 0 unspecified atom stereocenters. The van der Waals surface area contributed by atoms with Gasteiger partial charge < -0.3 is 22.1 Å². The summed E-state index contributed by atoms with van der Waals surface area (Å²) in [5, 5.41) is 3.92. The first-order valence-corrected chi connectivity index (χ1v) is 7.39. The molecule has 5 heteroatoms. The van der Waals surface area contributed by atoms with Crippen molar-refractivity contribution < 1.29 is 17.2 Å². The number of halogens is 1.